The first-order valence-corrected chi connectivity index (χ1v) is 9.30. The minimum atomic E-state index is -0.693. The number of hydrogen-bond acceptors (Lipinski definition) is 3. The van der Waals surface area contributed by atoms with Crippen molar-refractivity contribution in [2.75, 3.05) is 7.05 Å². The van der Waals surface area contributed by atoms with Gasteiger partial charge in [0.25, 0.3) is 0 Å². The topological polar surface area (TPSA) is 42.4 Å². The molecule has 0 N–H and O–H groups in total. The molecule has 28 heavy (non-hydrogen) atoms. The van der Waals surface area contributed by atoms with Gasteiger partial charge in [-0.3, -0.25) is 0 Å². The second-order valence-electron chi connectivity index (χ2n) is 8.10. The number of amides is 1. The number of nitrogens with zero attached hydrogens (tertiary/aromatic N) is 2. The van der Waals surface area contributed by atoms with Crippen molar-refractivity contribution < 1.29 is 13.9 Å². The van der Waals surface area contributed by atoms with Gasteiger partial charge in [0.2, 0.25) is 0 Å². The van der Waals surface area contributed by atoms with Crippen molar-refractivity contribution in [3.05, 3.63) is 59.0 Å². The zero-order valence-corrected chi connectivity index (χ0v) is 17.9. The van der Waals surface area contributed by atoms with E-state index in [0.29, 0.717) is 17.0 Å². The summed E-state index contributed by atoms with van der Waals surface area (Å²) in [5.41, 5.74) is 1.47. The smallest absolute Gasteiger partial charge is 0.410 e. The molecule has 0 bridgehead atoms. The van der Waals surface area contributed by atoms with E-state index in [1.165, 1.54) is 12.1 Å². The van der Waals surface area contributed by atoms with E-state index in [9.17, 15) is 9.18 Å². The Morgan fingerprint density at radius 3 is 2.39 bits per heavy atom. The van der Waals surface area contributed by atoms with Crippen LogP contribution in [0.1, 0.15) is 45.9 Å². The quantitative estimate of drug-likeness (QED) is 0.601. The Balaban J connectivity index is 2.50. The van der Waals surface area contributed by atoms with Crippen molar-refractivity contribution in [3.63, 3.8) is 0 Å². The highest BCUT2D eigenvalue weighted by molar-refractivity contribution is 6.31. The van der Waals surface area contributed by atoms with Gasteiger partial charge in [-0.25, -0.2) is 14.2 Å². The molecule has 6 heteroatoms. The van der Waals surface area contributed by atoms with Crippen LogP contribution >= 0.6 is 11.6 Å². The molecule has 0 saturated heterocycles. The fourth-order valence-corrected chi connectivity index (χ4v) is 2.75. The fraction of sp³-hybridized carbons (Fsp3) is 0.364. The lowest BCUT2D eigenvalue weighted by molar-refractivity contribution is 0.0104. The van der Waals surface area contributed by atoms with Gasteiger partial charge in [0.1, 0.15) is 11.4 Å². The molecule has 4 nitrogen and oxygen atoms in total. The summed E-state index contributed by atoms with van der Waals surface area (Å²) in [6.07, 6.45) is 1.20. The van der Waals surface area contributed by atoms with Gasteiger partial charge in [-0.15, -0.1) is 0 Å². The van der Waals surface area contributed by atoms with Crippen LogP contribution in [0.15, 0.2) is 36.9 Å². The number of ether oxygens (including phenoxy) is 1. The van der Waals surface area contributed by atoms with Crippen LogP contribution in [0.5, 0.6) is 0 Å². The summed E-state index contributed by atoms with van der Waals surface area (Å²) in [5.74, 6) is -0.490. The van der Waals surface area contributed by atoms with Gasteiger partial charge in [-0.05, 0) is 76.6 Å². The molecule has 0 fully saturated rings. The van der Waals surface area contributed by atoms with Crippen LogP contribution in [0.3, 0.4) is 0 Å². The van der Waals surface area contributed by atoms with Gasteiger partial charge >= 0.3 is 6.09 Å². The molecule has 0 aliphatic rings. The van der Waals surface area contributed by atoms with Crippen LogP contribution < -0.4 is 0 Å². The van der Waals surface area contributed by atoms with E-state index in [1.54, 1.807) is 24.1 Å². The van der Waals surface area contributed by atoms with Gasteiger partial charge in [0, 0.05) is 12.6 Å². The lowest BCUT2D eigenvalue weighted by Crippen LogP contribution is -2.45. The fourth-order valence-electron chi connectivity index (χ4n) is 2.57. The molecule has 0 spiro atoms. The highest BCUT2D eigenvalue weighted by atomic mass is 35.5. The molecule has 1 heterocycles. The van der Waals surface area contributed by atoms with E-state index in [-0.39, 0.29) is 5.02 Å². The predicted molar refractivity (Wildman–Crippen MR) is 112 cm³/mol. The number of carbonyl (C=O) groups is 1. The molecule has 0 atom stereocenters. The average molecular weight is 405 g/mol. The van der Waals surface area contributed by atoms with Gasteiger partial charge in [-0.1, -0.05) is 18.2 Å². The first-order valence-electron chi connectivity index (χ1n) is 8.92. The molecule has 0 aliphatic carbocycles. The Bertz CT molecular complexity index is 904. The summed E-state index contributed by atoms with van der Waals surface area (Å²) in [7, 11) is 1.69. The van der Waals surface area contributed by atoms with Crippen LogP contribution in [-0.4, -0.2) is 28.6 Å². The second kappa shape index (κ2) is 7.92. The van der Waals surface area contributed by atoms with E-state index >= 15 is 0 Å². The Hall–Kier alpha value is -2.40. The maximum Gasteiger partial charge on any atom is 0.410 e. The molecule has 0 aliphatic heterocycles. The minimum Gasteiger partial charge on any atom is -0.444 e. The summed E-state index contributed by atoms with van der Waals surface area (Å²) in [4.78, 5) is 18.7. The number of benzene rings is 1. The zero-order chi connectivity index (χ0) is 21.3. The monoisotopic (exact) mass is 404 g/mol. The van der Waals surface area contributed by atoms with Gasteiger partial charge < -0.3 is 9.64 Å². The molecule has 1 aromatic carbocycles. The van der Waals surface area contributed by atoms with Crippen molar-refractivity contribution >= 4 is 23.8 Å². The summed E-state index contributed by atoms with van der Waals surface area (Å²) >= 11 is 5.93. The molecule has 150 valence electrons. The van der Waals surface area contributed by atoms with Crippen molar-refractivity contribution in [1.29, 1.82) is 0 Å². The Labute approximate surface area is 171 Å². The van der Waals surface area contributed by atoms with E-state index in [4.69, 9.17) is 16.3 Å². The van der Waals surface area contributed by atoms with Crippen LogP contribution in [0.25, 0.3) is 17.3 Å². The number of carbonyl (C=O) groups excluding carboxylic acids is 1. The maximum atomic E-state index is 13.5. The lowest BCUT2D eigenvalue weighted by Gasteiger charge is -2.37. The van der Waals surface area contributed by atoms with Crippen molar-refractivity contribution in [2.45, 2.75) is 45.8 Å². The summed E-state index contributed by atoms with van der Waals surface area (Å²) in [6.45, 7) is 13.1. The summed E-state index contributed by atoms with van der Waals surface area (Å²) in [6, 6.07) is 8.17. The third kappa shape index (κ3) is 4.90. The van der Waals surface area contributed by atoms with Crippen LogP contribution in [0.4, 0.5) is 9.18 Å². The van der Waals surface area contributed by atoms with Crippen molar-refractivity contribution in [3.8, 4) is 11.3 Å². The van der Waals surface area contributed by atoms with E-state index < -0.39 is 23.1 Å². The number of pyridine rings is 1. The van der Waals surface area contributed by atoms with E-state index in [1.807, 2.05) is 46.8 Å². The normalized spacial score (nSPS) is 11.9. The average Bonchev–Trinajstić information content (AvgIpc) is 2.61. The van der Waals surface area contributed by atoms with E-state index in [2.05, 4.69) is 11.6 Å². The minimum absolute atomic E-state index is 0.0231. The number of aromatic nitrogens is 1. The predicted octanol–water partition coefficient (Wildman–Crippen LogP) is 6.29. The molecule has 1 amide bonds. The SMILES string of the molecule is C=Cc1cc(C(C)(C)N(C)C(=O)OC(C)(C)C)cc(-c2ccc(F)c(Cl)c2)n1. The highest BCUT2D eigenvalue weighted by Crippen LogP contribution is 2.32. The molecule has 2 aromatic rings. The first kappa shape index (κ1) is 21.9. The van der Waals surface area contributed by atoms with Gasteiger partial charge in [-0.2, -0.15) is 0 Å². The Morgan fingerprint density at radius 1 is 1.21 bits per heavy atom. The standard InChI is InChI=1S/C22H26ClFN2O2/c1-8-16-12-15(22(5,6)26(7)20(27)28-21(2,3)4)13-19(25-16)14-9-10-18(24)17(23)11-14/h8-13H,1H2,2-7H3. The Kier molecular flexibility index (Phi) is 6.19. The molecular formula is C22H26ClFN2O2. The summed E-state index contributed by atoms with van der Waals surface area (Å²) < 4.78 is 19.0. The van der Waals surface area contributed by atoms with Crippen molar-refractivity contribution in [2.24, 2.45) is 0 Å². The molecule has 2 rings (SSSR count). The molecule has 0 unspecified atom stereocenters. The largest absolute Gasteiger partial charge is 0.444 e. The van der Waals surface area contributed by atoms with Gasteiger partial charge in [0.15, 0.2) is 0 Å². The number of rotatable bonds is 4. The molecule has 0 saturated carbocycles. The van der Waals surface area contributed by atoms with Crippen LogP contribution in [0, 0.1) is 5.82 Å². The third-order valence-corrected chi connectivity index (χ3v) is 4.77. The second-order valence-corrected chi connectivity index (χ2v) is 8.50. The lowest BCUT2D eigenvalue weighted by atomic mass is 9.91. The van der Waals surface area contributed by atoms with Crippen LogP contribution in [0.2, 0.25) is 5.02 Å². The van der Waals surface area contributed by atoms with Crippen LogP contribution in [-0.2, 0) is 10.3 Å². The number of hydrogen-bond donors (Lipinski definition) is 0. The van der Waals surface area contributed by atoms with Crippen molar-refractivity contribution in [1.82, 2.24) is 9.88 Å². The zero-order valence-electron chi connectivity index (χ0n) is 17.1. The molecule has 1 aromatic heterocycles. The van der Waals surface area contributed by atoms with Gasteiger partial charge in [0.05, 0.1) is 21.9 Å². The van der Waals surface area contributed by atoms with E-state index in [0.717, 1.165) is 5.56 Å². The highest BCUT2D eigenvalue weighted by Gasteiger charge is 2.33. The molecule has 0 radical (unpaired) electrons. The molecular weight excluding hydrogens is 379 g/mol. The Morgan fingerprint density at radius 2 is 1.86 bits per heavy atom. The maximum absolute atomic E-state index is 13.5. The number of halogens is 2. The first-order chi connectivity index (χ1) is 12.8. The third-order valence-electron chi connectivity index (χ3n) is 4.48. The summed E-state index contributed by atoms with van der Waals surface area (Å²) in [5, 5.41) is 0.0231.